The molecule has 0 aliphatic heterocycles. The van der Waals surface area contributed by atoms with Gasteiger partial charge in [0.05, 0.1) is 23.1 Å². The van der Waals surface area contributed by atoms with Crippen LogP contribution in [0.15, 0.2) is 54.9 Å². The summed E-state index contributed by atoms with van der Waals surface area (Å²) in [5.41, 5.74) is 4.69. The van der Waals surface area contributed by atoms with Crippen LogP contribution in [0.1, 0.15) is 24.5 Å². The molecule has 8 nitrogen and oxygen atoms in total. The van der Waals surface area contributed by atoms with Gasteiger partial charge in [-0.2, -0.15) is 9.50 Å². The molecule has 0 spiro atoms. The molecule has 6 rings (SSSR count). The summed E-state index contributed by atoms with van der Waals surface area (Å²) >= 11 is 6.23. The first-order chi connectivity index (χ1) is 15.2. The Bertz CT molecular complexity index is 1430. The Morgan fingerprint density at radius 2 is 1.97 bits per heavy atom. The van der Waals surface area contributed by atoms with E-state index in [9.17, 15) is 0 Å². The molecule has 3 aromatic heterocycles. The van der Waals surface area contributed by atoms with E-state index in [-0.39, 0.29) is 0 Å². The molecule has 1 aliphatic rings. The molecule has 0 unspecified atom stereocenters. The number of halogens is 1. The summed E-state index contributed by atoms with van der Waals surface area (Å²) in [5, 5.41) is 13.3. The third-order valence-corrected chi connectivity index (χ3v) is 5.84. The van der Waals surface area contributed by atoms with Gasteiger partial charge in [-0.05, 0) is 53.6 Å². The summed E-state index contributed by atoms with van der Waals surface area (Å²) in [5.74, 6) is 1.74. The first kappa shape index (κ1) is 18.1. The number of anilines is 2. The van der Waals surface area contributed by atoms with Crippen LogP contribution in [0, 0.1) is 0 Å². The summed E-state index contributed by atoms with van der Waals surface area (Å²) < 4.78 is 1.59. The SMILES string of the molecule is CN(c1cccc(-c2cnc(C3CC3)cn2)c1)c1nc2nnnn2c2cc(Cl)ccc12. The molecule has 2 aromatic carbocycles. The van der Waals surface area contributed by atoms with Crippen LogP contribution in [-0.2, 0) is 0 Å². The van der Waals surface area contributed by atoms with Crippen molar-refractivity contribution in [2.45, 2.75) is 18.8 Å². The van der Waals surface area contributed by atoms with Crippen molar-refractivity contribution in [1.82, 2.24) is 35.0 Å². The van der Waals surface area contributed by atoms with Crippen molar-refractivity contribution in [3.05, 3.63) is 65.6 Å². The molecule has 0 N–H and O–H groups in total. The van der Waals surface area contributed by atoms with Gasteiger partial charge in [0.15, 0.2) is 0 Å². The van der Waals surface area contributed by atoms with E-state index in [0.29, 0.717) is 16.7 Å². The fourth-order valence-electron chi connectivity index (χ4n) is 3.76. The van der Waals surface area contributed by atoms with Gasteiger partial charge in [0.2, 0.25) is 0 Å². The fraction of sp³-hybridized carbons (Fsp3) is 0.182. The van der Waals surface area contributed by atoms with Gasteiger partial charge in [0.1, 0.15) is 5.82 Å². The lowest BCUT2D eigenvalue weighted by Crippen LogP contribution is -2.13. The second-order valence-electron chi connectivity index (χ2n) is 7.70. The molecule has 152 valence electrons. The lowest BCUT2D eigenvalue weighted by atomic mass is 10.1. The zero-order valence-electron chi connectivity index (χ0n) is 16.6. The zero-order valence-corrected chi connectivity index (χ0v) is 17.4. The van der Waals surface area contributed by atoms with Crippen LogP contribution in [-0.4, -0.2) is 42.0 Å². The highest BCUT2D eigenvalue weighted by atomic mass is 35.5. The van der Waals surface area contributed by atoms with E-state index in [2.05, 4.69) is 31.6 Å². The van der Waals surface area contributed by atoms with Gasteiger partial charge in [-0.1, -0.05) is 28.8 Å². The second kappa shape index (κ2) is 6.95. The van der Waals surface area contributed by atoms with E-state index in [0.717, 1.165) is 39.4 Å². The molecule has 5 aromatic rings. The number of rotatable bonds is 4. The summed E-state index contributed by atoms with van der Waals surface area (Å²) in [6, 6.07) is 13.8. The van der Waals surface area contributed by atoms with Crippen LogP contribution in [0.3, 0.4) is 0 Å². The Morgan fingerprint density at radius 1 is 1.06 bits per heavy atom. The lowest BCUT2D eigenvalue weighted by molar-refractivity contribution is 0.840. The van der Waals surface area contributed by atoms with Gasteiger partial charge in [0.25, 0.3) is 5.78 Å². The van der Waals surface area contributed by atoms with E-state index >= 15 is 0 Å². The van der Waals surface area contributed by atoms with Gasteiger partial charge in [-0.3, -0.25) is 9.97 Å². The van der Waals surface area contributed by atoms with Gasteiger partial charge in [-0.15, -0.1) is 0 Å². The molecule has 0 radical (unpaired) electrons. The van der Waals surface area contributed by atoms with Crippen molar-refractivity contribution in [2.75, 3.05) is 11.9 Å². The molecular weight excluding hydrogens is 412 g/mol. The maximum absolute atomic E-state index is 6.23. The average Bonchev–Trinajstić information content (AvgIpc) is 3.55. The van der Waals surface area contributed by atoms with Gasteiger partial charge in [0, 0.05) is 40.8 Å². The first-order valence-electron chi connectivity index (χ1n) is 10.0. The maximum Gasteiger partial charge on any atom is 0.275 e. The highest BCUT2D eigenvalue weighted by Crippen LogP contribution is 2.39. The maximum atomic E-state index is 6.23. The van der Waals surface area contributed by atoms with Crippen LogP contribution in [0.25, 0.3) is 27.9 Å². The molecule has 0 bridgehead atoms. The third kappa shape index (κ3) is 3.16. The fourth-order valence-corrected chi connectivity index (χ4v) is 3.93. The summed E-state index contributed by atoms with van der Waals surface area (Å²) in [6.07, 6.45) is 6.18. The van der Waals surface area contributed by atoms with E-state index < -0.39 is 0 Å². The predicted molar refractivity (Wildman–Crippen MR) is 119 cm³/mol. The molecule has 0 saturated heterocycles. The van der Waals surface area contributed by atoms with Crippen molar-refractivity contribution in [2.24, 2.45) is 0 Å². The standard InChI is InChI=1S/C22H17ClN8/c1-30(21-17-8-7-15(23)10-20(17)31-22(26-21)27-28-29-31)16-4-2-3-14(9-16)19-12-24-18(11-25-19)13-5-6-13/h2-4,7-13H,5-6H2,1H3. The van der Waals surface area contributed by atoms with E-state index in [4.69, 9.17) is 16.6 Å². The van der Waals surface area contributed by atoms with Crippen molar-refractivity contribution in [1.29, 1.82) is 0 Å². The monoisotopic (exact) mass is 428 g/mol. The highest BCUT2D eigenvalue weighted by molar-refractivity contribution is 6.31. The molecular formula is C22H17ClN8. The summed E-state index contributed by atoms with van der Waals surface area (Å²) in [6.45, 7) is 0. The lowest BCUT2D eigenvalue weighted by Gasteiger charge is -2.21. The van der Waals surface area contributed by atoms with Crippen molar-refractivity contribution in [3.8, 4) is 11.3 Å². The van der Waals surface area contributed by atoms with Gasteiger partial charge in [-0.25, -0.2) is 0 Å². The van der Waals surface area contributed by atoms with E-state index in [1.54, 1.807) is 4.52 Å². The number of nitrogens with zero attached hydrogens (tertiary/aromatic N) is 8. The first-order valence-corrected chi connectivity index (χ1v) is 10.4. The Kier molecular flexibility index (Phi) is 4.07. The Morgan fingerprint density at radius 3 is 2.77 bits per heavy atom. The molecule has 3 heterocycles. The quantitative estimate of drug-likeness (QED) is 0.418. The van der Waals surface area contributed by atoms with Crippen LogP contribution >= 0.6 is 11.6 Å². The van der Waals surface area contributed by atoms with E-state index in [1.807, 2.05) is 60.7 Å². The largest absolute Gasteiger partial charge is 0.329 e. The molecule has 1 saturated carbocycles. The number of hydrogen-bond acceptors (Lipinski definition) is 7. The minimum absolute atomic E-state index is 0.411. The number of tetrazole rings is 1. The predicted octanol–water partition coefficient (Wildman–Crippen LogP) is 4.43. The molecule has 31 heavy (non-hydrogen) atoms. The molecule has 0 amide bonds. The summed E-state index contributed by atoms with van der Waals surface area (Å²) in [7, 11) is 1.97. The van der Waals surface area contributed by atoms with Crippen molar-refractivity contribution >= 4 is 39.8 Å². The minimum atomic E-state index is 0.411. The normalized spacial score (nSPS) is 13.7. The van der Waals surface area contributed by atoms with Crippen molar-refractivity contribution < 1.29 is 0 Å². The molecule has 1 fully saturated rings. The molecule has 0 atom stereocenters. The third-order valence-electron chi connectivity index (χ3n) is 5.60. The Balaban J connectivity index is 1.43. The number of hydrogen-bond donors (Lipinski definition) is 0. The Labute approximate surface area is 182 Å². The average molecular weight is 429 g/mol. The van der Waals surface area contributed by atoms with Crippen LogP contribution in [0.2, 0.25) is 5.02 Å². The smallest absolute Gasteiger partial charge is 0.275 e. The van der Waals surface area contributed by atoms with E-state index in [1.165, 1.54) is 12.8 Å². The zero-order chi connectivity index (χ0) is 20.9. The van der Waals surface area contributed by atoms with Crippen LogP contribution in [0.4, 0.5) is 11.5 Å². The van der Waals surface area contributed by atoms with Crippen LogP contribution in [0.5, 0.6) is 0 Å². The Hall–Kier alpha value is -3.65. The number of aromatic nitrogens is 7. The topological polar surface area (TPSA) is 85.0 Å². The minimum Gasteiger partial charge on any atom is -0.329 e. The highest BCUT2D eigenvalue weighted by Gasteiger charge is 2.25. The number of benzene rings is 2. The van der Waals surface area contributed by atoms with Gasteiger partial charge < -0.3 is 4.90 Å². The molecule has 1 aliphatic carbocycles. The number of fused-ring (bicyclic) bond motifs is 3. The van der Waals surface area contributed by atoms with Crippen molar-refractivity contribution in [3.63, 3.8) is 0 Å². The van der Waals surface area contributed by atoms with Gasteiger partial charge >= 0.3 is 0 Å². The summed E-state index contributed by atoms with van der Waals surface area (Å²) in [4.78, 5) is 15.9. The second-order valence-corrected chi connectivity index (χ2v) is 8.13. The molecule has 9 heteroatoms. The van der Waals surface area contributed by atoms with Crippen LogP contribution < -0.4 is 4.90 Å².